The van der Waals surface area contributed by atoms with Gasteiger partial charge in [0.05, 0.1) is 17.4 Å². The van der Waals surface area contributed by atoms with Gasteiger partial charge in [0.2, 0.25) is 0 Å². The lowest BCUT2D eigenvalue weighted by Crippen LogP contribution is -2.28. The van der Waals surface area contributed by atoms with Gasteiger partial charge in [0.15, 0.2) is 0 Å². The number of rotatable bonds is 2. The molecule has 19 heavy (non-hydrogen) atoms. The van der Waals surface area contributed by atoms with E-state index < -0.39 is 5.97 Å². The first-order chi connectivity index (χ1) is 8.89. The summed E-state index contributed by atoms with van der Waals surface area (Å²) in [6.45, 7) is 6.24. The molecule has 0 unspecified atom stereocenters. The Bertz CT molecular complexity index is 491. The minimum atomic E-state index is -1.01. The van der Waals surface area contributed by atoms with Crippen molar-refractivity contribution in [1.29, 1.82) is 0 Å². The van der Waals surface area contributed by atoms with Gasteiger partial charge in [-0.2, -0.15) is 11.8 Å². The van der Waals surface area contributed by atoms with Gasteiger partial charge in [0.1, 0.15) is 5.82 Å². The molecule has 1 aromatic rings. The first-order valence-corrected chi connectivity index (χ1v) is 7.25. The summed E-state index contributed by atoms with van der Waals surface area (Å²) in [7, 11) is 0. The largest absolute Gasteiger partial charge is 0.478 e. The van der Waals surface area contributed by atoms with Crippen molar-refractivity contribution in [2.24, 2.45) is 0 Å². The third-order valence-corrected chi connectivity index (χ3v) is 4.68. The van der Waals surface area contributed by atoms with E-state index in [1.807, 2.05) is 11.8 Å². The van der Waals surface area contributed by atoms with Gasteiger partial charge in [0, 0.05) is 23.6 Å². The van der Waals surface area contributed by atoms with E-state index in [9.17, 15) is 4.79 Å². The summed E-state index contributed by atoms with van der Waals surface area (Å²) in [5.41, 5.74) is 5.96. The maximum Gasteiger partial charge on any atom is 0.337 e. The van der Waals surface area contributed by atoms with E-state index in [2.05, 4.69) is 23.7 Å². The third-order valence-electron chi connectivity index (χ3n) is 3.31. The summed E-state index contributed by atoms with van der Waals surface area (Å²) in [4.78, 5) is 17.5. The van der Waals surface area contributed by atoms with Crippen LogP contribution >= 0.6 is 11.8 Å². The maximum absolute atomic E-state index is 11.1. The molecule has 5 nitrogen and oxygen atoms in total. The summed E-state index contributed by atoms with van der Waals surface area (Å²) in [5, 5.41) is 9.10. The second-order valence-electron chi connectivity index (χ2n) is 5.28. The topological polar surface area (TPSA) is 79.5 Å². The molecule has 1 aromatic heterocycles. The van der Waals surface area contributed by atoms with E-state index in [0.29, 0.717) is 5.82 Å². The number of nitrogens with two attached hydrogens (primary N) is 1. The van der Waals surface area contributed by atoms with Crippen molar-refractivity contribution in [3.63, 3.8) is 0 Å². The highest BCUT2D eigenvalue weighted by Gasteiger charge is 2.24. The van der Waals surface area contributed by atoms with Crippen molar-refractivity contribution in [3.05, 3.63) is 17.8 Å². The van der Waals surface area contributed by atoms with Gasteiger partial charge in [-0.1, -0.05) is 13.8 Å². The van der Waals surface area contributed by atoms with E-state index >= 15 is 0 Å². The fraction of sp³-hybridized carbons (Fsp3) is 0.538. The average molecular weight is 281 g/mol. The van der Waals surface area contributed by atoms with E-state index in [4.69, 9.17) is 10.8 Å². The molecule has 1 aliphatic rings. The van der Waals surface area contributed by atoms with Crippen molar-refractivity contribution >= 4 is 29.2 Å². The minimum absolute atomic E-state index is 0.126. The number of nitrogen functional groups attached to an aromatic ring is 1. The Hall–Kier alpha value is -1.43. The second kappa shape index (κ2) is 5.28. The molecule has 0 atom stereocenters. The van der Waals surface area contributed by atoms with Crippen LogP contribution in [0.25, 0.3) is 0 Å². The summed E-state index contributed by atoms with van der Waals surface area (Å²) in [6, 6.07) is 1.57. The maximum atomic E-state index is 11.1. The molecule has 0 saturated carbocycles. The summed E-state index contributed by atoms with van der Waals surface area (Å²) in [5.74, 6) is 0.706. The van der Waals surface area contributed by atoms with Crippen LogP contribution in [0.3, 0.4) is 0 Å². The first-order valence-electron chi connectivity index (χ1n) is 6.27. The number of pyridine rings is 1. The van der Waals surface area contributed by atoms with Gasteiger partial charge in [-0.25, -0.2) is 9.78 Å². The van der Waals surface area contributed by atoms with Gasteiger partial charge in [-0.15, -0.1) is 0 Å². The van der Waals surface area contributed by atoms with Gasteiger partial charge in [0.25, 0.3) is 0 Å². The molecular weight excluding hydrogens is 262 g/mol. The SMILES string of the molecule is CC1(C)CCN(c2cc(C(=O)O)c(N)cn2)CCS1. The number of hydrogen-bond donors (Lipinski definition) is 2. The second-order valence-corrected chi connectivity index (χ2v) is 7.08. The zero-order valence-corrected chi connectivity index (χ0v) is 12.0. The van der Waals surface area contributed by atoms with Gasteiger partial charge in [-0.05, 0) is 12.5 Å². The molecule has 0 spiro atoms. The van der Waals surface area contributed by atoms with E-state index in [0.717, 1.165) is 25.3 Å². The van der Waals surface area contributed by atoms with Crippen LogP contribution in [0, 0.1) is 0 Å². The number of carbonyl (C=O) groups is 1. The number of carboxylic acid groups (broad SMARTS) is 1. The Morgan fingerprint density at radius 2 is 2.26 bits per heavy atom. The zero-order valence-electron chi connectivity index (χ0n) is 11.2. The fourth-order valence-electron chi connectivity index (χ4n) is 2.06. The monoisotopic (exact) mass is 281 g/mol. The molecule has 3 N–H and O–H groups in total. The molecular formula is C13H19N3O2S. The summed E-state index contributed by atoms with van der Waals surface area (Å²) >= 11 is 1.94. The van der Waals surface area contributed by atoms with Crippen LogP contribution in [0.15, 0.2) is 12.3 Å². The highest BCUT2D eigenvalue weighted by molar-refractivity contribution is 8.00. The highest BCUT2D eigenvalue weighted by atomic mass is 32.2. The Balaban J connectivity index is 2.22. The van der Waals surface area contributed by atoms with Crippen molar-refractivity contribution < 1.29 is 9.90 Å². The molecule has 0 aromatic carbocycles. The van der Waals surface area contributed by atoms with Gasteiger partial charge < -0.3 is 15.7 Å². The Morgan fingerprint density at radius 1 is 1.53 bits per heavy atom. The van der Waals surface area contributed by atoms with Crippen LogP contribution < -0.4 is 10.6 Å². The van der Waals surface area contributed by atoms with Crippen LogP contribution in [-0.4, -0.2) is 39.6 Å². The van der Waals surface area contributed by atoms with Crippen LogP contribution in [0.5, 0.6) is 0 Å². The quantitative estimate of drug-likeness (QED) is 0.864. The Kier molecular flexibility index (Phi) is 3.89. The Labute approximate surface area is 117 Å². The molecule has 2 heterocycles. The Morgan fingerprint density at radius 3 is 2.95 bits per heavy atom. The molecule has 2 rings (SSSR count). The number of thioether (sulfide) groups is 1. The number of anilines is 2. The summed E-state index contributed by atoms with van der Waals surface area (Å²) in [6.07, 6.45) is 2.48. The number of aromatic nitrogens is 1. The van der Waals surface area contributed by atoms with Crippen LogP contribution in [-0.2, 0) is 0 Å². The molecule has 104 valence electrons. The number of aromatic carboxylic acids is 1. The standard InChI is InChI=1S/C13H19N3O2S/c1-13(2)3-4-16(5-6-19-13)11-7-9(12(17)18)10(14)8-15-11/h7-8H,3-6,14H2,1-2H3,(H,17,18). The molecule has 0 radical (unpaired) electrons. The lowest BCUT2D eigenvalue weighted by molar-refractivity contribution is 0.0698. The third kappa shape index (κ3) is 3.32. The molecule has 0 bridgehead atoms. The zero-order chi connectivity index (χ0) is 14.0. The average Bonchev–Trinajstić information content (AvgIpc) is 2.51. The predicted molar refractivity (Wildman–Crippen MR) is 79.0 cm³/mol. The molecule has 0 amide bonds. The van der Waals surface area contributed by atoms with Crippen molar-refractivity contribution in [2.75, 3.05) is 29.5 Å². The van der Waals surface area contributed by atoms with Gasteiger partial charge >= 0.3 is 5.97 Å². The molecule has 0 aliphatic carbocycles. The van der Waals surface area contributed by atoms with E-state index in [1.54, 1.807) is 6.07 Å². The minimum Gasteiger partial charge on any atom is -0.478 e. The lowest BCUT2D eigenvalue weighted by Gasteiger charge is -2.23. The lowest BCUT2D eigenvalue weighted by atomic mass is 10.1. The molecule has 1 fully saturated rings. The number of carboxylic acids is 1. The molecule has 1 saturated heterocycles. The van der Waals surface area contributed by atoms with E-state index in [-0.39, 0.29) is 16.0 Å². The number of nitrogens with zero attached hydrogens (tertiary/aromatic N) is 2. The van der Waals surface area contributed by atoms with Crippen molar-refractivity contribution in [1.82, 2.24) is 4.98 Å². The molecule has 6 heteroatoms. The van der Waals surface area contributed by atoms with Crippen LogP contribution in [0.4, 0.5) is 11.5 Å². The number of hydrogen-bond acceptors (Lipinski definition) is 5. The summed E-state index contributed by atoms with van der Waals surface area (Å²) < 4.78 is 0.262. The normalized spacial score (nSPS) is 18.9. The van der Waals surface area contributed by atoms with E-state index in [1.165, 1.54) is 6.20 Å². The fourth-order valence-corrected chi connectivity index (χ4v) is 3.16. The molecule has 1 aliphatic heterocycles. The van der Waals surface area contributed by atoms with Crippen molar-refractivity contribution in [3.8, 4) is 0 Å². The van der Waals surface area contributed by atoms with Crippen LogP contribution in [0.2, 0.25) is 0 Å². The smallest absolute Gasteiger partial charge is 0.337 e. The van der Waals surface area contributed by atoms with Gasteiger partial charge in [-0.3, -0.25) is 0 Å². The highest BCUT2D eigenvalue weighted by Crippen LogP contribution is 2.32. The predicted octanol–water partition coefficient (Wildman–Crippen LogP) is 2.08. The van der Waals surface area contributed by atoms with Crippen molar-refractivity contribution in [2.45, 2.75) is 25.0 Å². The van der Waals surface area contributed by atoms with Crippen LogP contribution in [0.1, 0.15) is 30.6 Å². The first kappa shape index (κ1) is 14.0.